The molecule has 11 heteroatoms. The van der Waals surface area contributed by atoms with E-state index in [4.69, 9.17) is 15.2 Å². The van der Waals surface area contributed by atoms with E-state index in [0.717, 1.165) is 28.6 Å². The molecule has 5 rings (SSSR count). The van der Waals surface area contributed by atoms with Gasteiger partial charge in [0.2, 0.25) is 0 Å². The Morgan fingerprint density at radius 2 is 1.91 bits per heavy atom. The van der Waals surface area contributed by atoms with Gasteiger partial charge in [-0.2, -0.15) is 0 Å². The van der Waals surface area contributed by atoms with Gasteiger partial charge in [0, 0.05) is 23.1 Å². The van der Waals surface area contributed by atoms with Crippen LogP contribution in [0.25, 0.3) is 10.9 Å². The summed E-state index contributed by atoms with van der Waals surface area (Å²) in [6.45, 7) is 1.20. The zero-order valence-corrected chi connectivity index (χ0v) is 17.7. The van der Waals surface area contributed by atoms with E-state index in [2.05, 4.69) is 9.72 Å². The van der Waals surface area contributed by atoms with E-state index in [0.29, 0.717) is 30.1 Å². The standard InChI is InChI=1S/C23H19F4N3O4/c24-17-3-1-12(8-20(17)34-23(25,26)27)19-11-32-6-5-30(19)22(31)13-2-4-18-14(7-13)15-9-33-10-16(15)21(28)29-18/h1-4,7-8,19H,5-6,9-11H2,(H2,28,29)/t19-/m0/s1. The summed E-state index contributed by atoms with van der Waals surface area (Å²) in [7, 11) is 0. The van der Waals surface area contributed by atoms with Gasteiger partial charge in [0.1, 0.15) is 5.82 Å². The van der Waals surface area contributed by atoms with Gasteiger partial charge in [-0.25, -0.2) is 9.37 Å². The normalized spacial score (nSPS) is 18.2. The Balaban J connectivity index is 1.49. The zero-order chi connectivity index (χ0) is 24.0. The largest absolute Gasteiger partial charge is 0.573 e. The van der Waals surface area contributed by atoms with Crippen molar-refractivity contribution in [1.29, 1.82) is 0 Å². The van der Waals surface area contributed by atoms with Crippen molar-refractivity contribution >= 4 is 22.6 Å². The van der Waals surface area contributed by atoms with E-state index >= 15 is 0 Å². The molecule has 34 heavy (non-hydrogen) atoms. The van der Waals surface area contributed by atoms with E-state index in [-0.39, 0.29) is 31.2 Å². The van der Waals surface area contributed by atoms with Crippen LogP contribution in [0.1, 0.15) is 33.1 Å². The van der Waals surface area contributed by atoms with Gasteiger partial charge in [0.25, 0.3) is 5.91 Å². The van der Waals surface area contributed by atoms with Crippen LogP contribution in [0.4, 0.5) is 23.4 Å². The molecule has 2 N–H and O–H groups in total. The highest BCUT2D eigenvalue weighted by molar-refractivity contribution is 5.99. The molecule has 0 spiro atoms. The summed E-state index contributed by atoms with van der Waals surface area (Å²) in [6.07, 6.45) is -5.05. The second kappa shape index (κ2) is 8.41. The third-order valence-corrected chi connectivity index (χ3v) is 5.93. The highest BCUT2D eigenvalue weighted by atomic mass is 19.4. The number of amides is 1. The van der Waals surface area contributed by atoms with Crippen molar-refractivity contribution in [3.8, 4) is 5.75 Å². The summed E-state index contributed by atoms with van der Waals surface area (Å²) in [5, 5.41) is 0.750. The Labute approximate surface area is 191 Å². The van der Waals surface area contributed by atoms with Gasteiger partial charge in [-0.05, 0) is 41.5 Å². The van der Waals surface area contributed by atoms with Crippen LogP contribution in [0.3, 0.4) is 0 Å². The lowest BCUT2D eigenvalue weighted by molar-refractivity contribution is -0.275. The summed E-state index contributed by atoms with van der Waals surface area (Å²) < 4.78 is 66.7. The first-order valence-electron chi connectivity index (χ1n) is 10.4. The third kappa shape index (κ3) is 4.12. The zero-order valence-electron chi connectivity index (χ0n) is 17.7. The van der Waals surface area contributed by atoms with Crippen LogP contribution in [0.15, 0.2) is 36.4 Å². The predicted octanol–water partition coefficient (Wildman–Crippen LogP) is 4.10. The third-order valence-electron chi connectivity index (χ3n) is 5.93. The summed E-state index contributed by atoms with van der Waals surface area (Å²) in [5.74, 6) is -2.08. The number of fused-ring (bicyclic) bond motifs is 3. The van der Waals surface area contributed by atoms with Gasteiger partial charge in [-0.3, -0.25) is 4.79 Å². The highest BCUT2D eigenvalue weighted by Crippen LogP contribution is 2.34. The maximum atomic E-state index is 13.9. The van der Waals surface area contributed by atoms with Crippen LogP contribution in [0.5, 0.6) is 5.75 Å². The number of ether oxygens (including phenoxy) is 3. The second-order valence-electron chi connectivity index (χ2n) is 8.01. The average molecular weight is 477 g/mol. The SMILES string of the molecule is Nc1nc2ccc(C(=O)N3CCOC[C@H]3c3ccc(F)c(OC(F)(F)F)c3)cc2c2c1COC2. The second-order valence-corrected chi connectivity index (χ2v) is 8.01. The van der Waals surface area contributed by atoms with Crippen molar-refractivity contribution in [1.82, 2.24) is 9.88 Å². The number of alkyl halides is 3. The molecule has 3 aromatic rings. The van der Waals surface area contributed by atoms with Crippen molar-refractivity contribution in [3.05, 3.63) is 64.5 Å². The average Bonchev–Trinajstić information content (AvgIpc) is 3.30. The number of hydrogen-bond donors (Lipinski definition) is 1. The molecule has 0 bridgehead atoms. The van der Waals surface area contributed by atoms with Gasteiger partial charge in [-0.15, -0.1) is 13.2 Å². The fourth-order valence-electron chi connectivity index (χ4n) is 4.32. The first kappa shape index (κ1) is 22.4. The molecule has 2 aliphatic heterocycles. The number of hydrogen-bond acceptors (Lipinski definition) is 6. The van der Waals surface area contributed by atoms with Crippen LogP contribution in [0, 0.1) is 5.82 Å². The molecule has 7 nitrogen and oxygen atoms in total. The van der Waals surface area contributed by atoms with Crippen molar-refractivity contribution in [2.24, 2.45) is 0 Å². The molecule has 1 amide bonds. The van der Waals surface area contributed by atoms with Gasteiger partial charge in [-0.1, -0.05) is 6.07 Å². The molecule has 0 aliphatic carbocycles. The Kier molecular flexibility index (Phi) is 5.53. The molecule has 0 radical (unpaired) electrons. The smallest absolute Gasteiger partial charge is 0.403 e. The number of nitrogens with two attached hydrogens (primary N) is 1. The number of pyridine rings is 1. The molecule has 2 aromatic carbocycles. The Bertz CT molecular complexity index is 1280. The van der Waals surface area contributed by atoms with Crippen molar-refractivity contribution in [2.45, 2.75) is 25.6 Å². The first-order valence-corrected chi connectivity index (χ1v) is 10.4. The molecule has 3 heterocycles. The lowest BCUT2D eigenvalue weighted by Crippen LogP contribution is -2.43. The summed E-state index contributed by atoms with van der Waals surface area (Å²) in [5.41, 5.74) is 8.94. The minimum Gasteiger partial charge on any atom is -0.403 e. The minimum atomic E-state index is -5.05. The Morgan fingerprint density at radius 3 is 2.71 bits per heavy atom. The molecular formula is C23H19F4N3O4. The van der Waals surface area contributed by atoms with E-state index < -0.39 is 24.0 Å². The fourth-order valence-corrected chi connectivity index (χ4v) is 4.32. The lowest BCUT2D eigenvalue weighted by atomic mass is 10.00. The van der Waals surface area contributed by atoms with Crippen LogP contribution in [-0.4, -0.2) is 41.9 Å². The quantitative estimate of drug-likeness (QED) is 0.572. The van der Waals surface area contributed by atoms with Gasteiger partial charge >= 0.3 is 6.36 Å². The molecule has 1 fully saturated rings. The molecule has 0 unspecified atom stereocenters. The number of halogens is 4. The maximum absolute atomic E-state index is 13.9. The van der Waals surface area contributed by atoms with Gasteiger partial charge in [0.15, 0.2) is 11.6 Å². The molecule has 0 saturated carbocycles. The molecule has 178 valence electrons. The summed E-state index contributed by atoms with van der Waals surface area (Å²) in [4.78, 5) is 19.4. The molecular weight excluding hydrogens is 458 g/mol. The van der Waals surface area contributed by atoms with Crippen molar-refractivity contribution in [2.75, 3.05) is 25.5 Å². The summed E-state index contributed by atoms with van der Waals surface area (Å²) in [6, 6.07) is 7.44. The number of morpholine rings is 1. The number of carbonyl (C=O) groups excluding carboxylic acids is 1. The number of nitrogens with zero attached hydrogens (tertiary/aromatic N) is 2. The van der Waals surface area contributed by atoms with E-state index in [1.807, 2.05) is 0 Å². The molecule has 1 aromatic heterocycles. The number of aromatic nitrogens is 1. The first-order chi connectivity index (χ1) is 16.2. The number of benzene rings is 2. The van der Waals surface area contributed by atoms with Crippen molar-refractivity contribution < 1.29 is 36.6 Å². The molecule has 2 aliphatic rings. The van der Waals surface area contributed by atoms with Gasteiger partial charge in [0.05, 0.1) is 38.0 Å². The topological polar surface area (TPSA) is 86.9 Å². The number of carbonyl (C=O) groups is 1. The Hall–Kier alpha value is -3.44. The highest BCUT2D eigenvalue weighted by Gasteiger charge is 2.34. The maximum Gasteiger partial charge on any atom is 0.573 e. The Morgan fingerprint density at radius 1 is 1.12 bits per heavy atom. The molecule has 1 saturated heterocycles. The van der Waals surface area contributed by atoms with Crippen LogP contribution < -0.4 is 10.5 Å². The minimum absolute atomic E-state index is 0.0394. The van der Waals surface area contributed by atoms with E-state index in [1.54, 1.807) is 18.2 Å². The fraction of sp³-hybridized carbons (Fsp3) is 0.304. The predicted molar refractivity (Wildman–Crippen MR) is 112 cm³/mol. The monoisotopic (exact) mass is 477 g/mol. The van der Waals surface area contributed by atoms with Crippen LogP contribution >= 0.6 is 0 Å². The lowest BCUT2D eigenvalue weighted by Gasteiger charge is -2.36. The molecule has 1 atom stereocenters. The van der Waals surface area contributed by atoms with Crippen LogP contribution in [-0.2, 0) is 22.7 Å². The number of anilines is 1. The summed E-state index contributed by atoms with van der Waals surface area (Å²) >= 11 is 0. The van der Waals surface area contributed by atoms with E-state index in [1.165, 1.54) is 11.0 Å². The van der Waals surface area contributed by atoms with Crippen LogP contribution in [0.2, 0.25) is 0 Å². The number of nitrogen functional groups attached to an aromatic ring is 1. The van der Waals surface area contributed by atoms with E-state index in [9.17, 15) is 22.4 Å². The van der Waals surface area contributed by atoms with Gasteiger partial charge < -0.3 is 24.8 Å². The van der Waals surface area contributed by atoms with Crippen molar-refractivity contribution in [3.63, 3.8) is 0 Å². The number of rotatable bonds is 3.